The summed E-state index contributed by atoms with van der Waals surface area (Å²) in [5, 5.41) is 0. The molecular formula is C31H36O2. The maximum Gasteiger partial charge on any atom is 0.343 e. The number of rotatable bonds is 8. The van der Waals surface area contributed by atoms with E-state index in [4.69, 9.17) is 4.74 Å². The first-order valence-corrected chi connectivity index (χ1v) is 12.6. The van der Waals surface area contributed by atoms with E-state index in [9.17, 15) is 4.79 Å². The lowest BCUT2D eigenvalue weighted by molar-refractivity contribution is 0.0735. The van der Waals surface area contributed by atoms with Gasteiger partial charge in [-0.15, -0.1) is 0 Å². The Balaban J connectivity index is 1.32. The third kappa shape index (κ3) is 6.35. The van der Waals surface area contributed by atoms with Gasteiger partial charge in [0.05, 0.1) is 5.56 Å². The Morgan fingerprint density at radius 3 is 2.00 bits per heavy atom. The highest BCUT2D eigenvalue weighted by Gasteiger charge is 2.22. The standard InChI is InChI=1S/C31H36O2/c1-3-4-5-6-24-9-13-25(14-10-24)26-15-17-27(18-16-26)28-19-21-30(22-20-28)33-31(32)29-11-7-23(2)8-12-29/h7-8,11-12,15-22,24-25H,3-6,9-10,13-14H2,1-2H3. The van der Waals surface area contributed by atoms with E-state index in [1.165, 1.54) is 62.5 Å². The maximum absolute atomic E-state index is 12.3. The molecule has 0 aliphatic heterocycles. The average Bonchev–Trinajstić information content (AvgIpc) is 2.86. The highest BCUT2D eigenvalue weighted by atomic mass is 16.5. The van der Waals surface area contributed by atoms with Crippen LogP contribution in [0, 0.1) is 12.8 Å². The van der Waals surface area contributed by atoms with Crippen LogP contribution >= 0.6 is 0 Å². The van der Waals surface area contributed by atoms with Gasteiger partial charge in [0, 0.05) is 0 Å². The summed E-state index contributed by atoms with van der Waals surface area (Å²) in [6.45, 7) is 4.29. The second kappa shape index (κ2) is 11.3. The summed E-state index contributed by atoms with van der Waals surface area (Å²) >= 11 is 0. The van der Waals surface area contributed by atoms with Crippen molar-refractivity contribution < 1.29 is 9.53 Å². The van der Waals surface area contributed by atoms with Gasteiger partial charge in [0.25, 0.3) is 0 Å². The van der Waals surface area contributed by atoms with Crippen LogP contribution < -0.4 is 4.74 Å². The number of hydrogen-bond donors (Lipinski definition) is 0. The van der Waals surface area contributed by atoms with Crippen molar-refractivity contribution in [3.8, 4) is 16.9 Å². The van der Waals surface area contributed by atoms with Crippen molar-refractivity contribution in [2.45, 2.75) is 71.1 Å². The Hall–Kier alpha value is -2.87. The zero-order chi connectivity index (χ0) is 23.0. The van der Waals surface area contributed by atoms with Gasteiger partial charge in [0.1, 0.15) is 5.75 Å². The number of ether oxygens (including phenoxy) is 1. The summed E-state index contributed by atoms with van der Waals surface area (Å²) in [4.78, 5) is 12.3. The molecule has 0 N–H and O–H groups in total. The van der Waals surface area contributed by atoms with Gasteiger partial charge in [0.15, 0.2) is 0 Å². The van der Waals surface area contributed by atoms with Crippen molar-refractivity contribution >= 4 is 5.97 Å². The molecule has 4 rings (SSSR count). The molecule has 1 aliphatic carbocycles. The van der Waals surface area contributed by atoms with Crippen molar-refractivity contribution in [1.82, 2.24) is 0 Å². The number of hydrogen-bond acceptors (Lipinski definition) is 2. The quantitative estimate of drug-likeness (QED) is 0.199. The summed E-state index contributed by atoms with van der Waals surface area (Å²) in [5.74, 6) is 1.90. The lowest BCUT2D eigenvalue weighted by Crippen LogP contribution is -2.13. The summed E-state index contributed by atoms with van der Waals surface area (Å²) in [5.41, 5.74) is 5.50. The molecule has 0 spiro atoms. The molecule has 0 unspecified atom stereocenters. The third-order valence-corrected chi connectivity index (χ3v) is 7.13. The Kier molecular flexibility index (Phi) is 7.99. The van der Waals surface area contributed by atoms with Crippen molar-refractivity contribution in [2.75, 3.05) is 0 Å². The van der Waals surface area contributed by atoms with Crippen LogP contribution in [0.5, 0.6) is 5.75 Å². The van der Waals surface area contributed by atoms with E-state index in [1.807, 2.05) is 43.3 Å². The van der Waals surface area contributed by atoms with Gasteiger partial charge < -0.3 is 4.74 Å². The fourth-order valence-electron chi connectivity index (χ4n) is 4.99. The molecule has 0 aromatic heterocycles. The average molecular weight is 441 g/mol. The largest absolute Gasteiger partial charge is 0.423 e. The molecule has 0 bridgehead atoms. The summed E-state index contributed by atoms with van der Waals surface area (Å²) in [6.07, 6.45) is 11.0. The highest BCUT2D eigenvalue weighted by molar-refractivity contribution is 5.91. The molecular weight excluding hydrogens is 404 g/mol. The van der Waals surface area contributed by atoms with E-state index in [-0.39, 0.29) is 5.97 Å². The summed E-state index contributed by atoms with van der Waals surface area (Å²) in [7, 11) is 0. The lowest BCUT2D eigenvalue weighted by atomic mass is 9.77. The molecule has 0 amide bonds. The first-order valence-electron chi connectivity index (χ1n) is 12.6. The monoisotopic (exact) mass is 440 g/mol. The van der Waals surface area contributed by atoms with Gasteiger partial charge >= 0.3 is 5.97 Å². The first kappa shape index (κ1) is 23.3. The molecule has 3 aromatic carbocycles. The number of esters is 1. The molecule has 1 aliphatic rings. The zero-order valence-electron chi connectivity index (χ0n) is 20.1. The topological polar surface area (TPSA) is 26.3 Å². The lowest BCUT2D eigenvalue weighted by Gasteiger charge is -2.29. The van der Waals surface area contributed by atoms with Crippen LogP contribution in [0.25, 0.3) is 11.1 Å². The van der Waals surface area contributed by atoms with Gasteiger partial charge in [-0.05, 0) is 85.4 Å². The number of aryl methyl sites for hydroxylation is 1. The molecule has 2 nitrogen and oxygen atoms in total. The first-order chi connectivity index (χ1) is 16.1. The smallest absolute Gasteiger partial charge is 0.343 e. The van der Waals surface area contributed by atoms with E-state index in [0.717, 1.165) is 17.0 Å². The van der Waals surface area contributed by atoms with Crippen LogP contribution in [0.4, 0.5) is 0 Å². The van der Waals surface area contributed by atoms with Crippen LogP contribution in [0.3, 0.4) is 0 Å². The van der Waals surface area contributed by atoms with Crippen LogP contribution in [0.2, 0.25) is 0 Å². The number of benzene rings is 3. The van der Waals surface area contributed by atoms with Crippen LogP contribution in [-0.4, -0.2) is 5.97 Å². The molecule has 1 fully saturated rings. The van der Waals surface area contributed by atoms with Crippen LogP contribution in [0.1, 0.15) is 85.7 Å². The second-order valence-electron chi connectivity index (χ2n) is 9.62. The van der Waals surface area contributed by atoms with Gasteiger partial charge in [-0.1, -0.05) is 86.7 Å². The molecule has 0 radical (unpaired) electrons. The third-order valence-electron chi connectivity index (χ3n) is 7.13. The molecule has 0 heterocycles. The zero-order valence-corrected chi connectivity index (χ0v) is 20.1. The molecule has 1 saturated carbocycles. The Labute approximate surface area is 199 Å². The Bertz CT molecular complexity index is 1010. The normalized spacial score (nSPS) is 18.1. The minimum absolute atomic E-state index is 0.327. The predicted octanol–water partition coefficient (Wildman–Crippen LogP) is 8.74. The van der Waals surface area contributed by atoms with Crippen LogP contribution in [0.15, 0.2) is 72.8 Å². The molecule has 172 valence electrons. The Morgan fingerprint density at radius 2 is 1.39 bits per heavy atom. The minimum atomic E-state index is -0.327. The van der Waals surface area contributed by atoms with E-state index < -0.39 is 0 Å². The van der Waals surface area contributed by atoms with E-state index in [0.29, 0.717) is 17.2 Å². The minimum Gasteiger partial charge on any atom is -0.423 e. The van der Waals surface area contributed by atoms with E-state index in [2.05, 4.69) is 31.2 Å². The van der Waals surface area contributed by atoms with Crippen molar-refractivity contribution in [3.63, 3.8) is 0 Å². The fourth-order valence-corrected chi connectivity index (χ4v) is 4.99. The van der Waals surface area contributed by atoms with E-state index in [1.54, 1.807) is 12.1 Å². The molecule has 0 atom stereocenters. The summed E-state index contributed by atoms with van der Waals surface area (Å²) in [6, 6.07) is 24.3. The number of carbonyl (C=O) groups excluding carboxylic acids is 1. The van der Waals surface area contributed by atoms with Crippen molar-refractivity contribution in [2.24, 2.45) is 5.92 Å². The molecule has 2 heteroatoms. The highest BCUT2D eigenvalue weighted by Crippen LogP contribution is 2.38. The molecule has 0 saturated heterocycles. The van der Waals surface area contributed by atoms with Crippen LogP contribution in [-0.2, 0) is 0 Å². The van der Waals surface area contributed by atoms with Gasteiger partial charge in [-0.3, -0.25) is 0 Å². The fraction of sp³-hybridized carbons (Fsp3) is 0.387. The molecule has 3 aromatic rings. The van der Waals surface area contributed by atoms with E-state index >= 15 is 0 Å². The van der Waals surface area contributed by atoms with Crippen molar-refractivity contribution in [3.05, 3.63) is 89.5 Å². The maximum atomic E-state index is 12.3. The van der Waals surface area contributed by atoms with Crippen molar-refractivity contribution in [1.29, 1.82) is 0 Å². The number of unbranched alkanes of at least 4 members (excludes halogenated alkanes) is 2. The Morgan fingerprint density at radius 1 is 0.788 bits per heavy atom. The SMILES string of the molecule is CCCCCC1CCC(c2ccc(-c3ccc(OC(=O)c4ccc(C)cc4)cc3)cc2)CC1. The summed E-state index contributed by atoms with van der Waals surface area (Å²) < 4.78 is 5.53. The molecule has 33 heavy (non-hydrogen) atoms. The second-order valence-corrected chi connectivity index (χ2v) is 9.62. The number of carbonyl (C=O) groups is 1. The van der Waals surface area contributed by atoms with Gasteiger partial charge in [-0.25, -0.2) is 4.79 Å². The van der Waals surface area contributed by atoms with Gasteiger partial charge in [-0.2, -0.15) is 0 Å². The predicted molar refractivity (Wildman–Crippen MR) is 137 cm³/mol. The van der Waals surface area contributed by atoms with Gasteiger partial charge in [0.2, 0.25) is 0 Å².